The summed E-state index contributed by atoms with van der Waals surface area (Å²) in [5.74, 6) is 2.75. The molecule has 1 aromatic carbocycles. The Hall–Kier alpha value is -1.93. The van der Waals surface area contributed by atoms with E-state index < -0.39 is 0 Å². The molecule has 0 radical (unpaired) electrons. The molecule has 0 aliphatic carbocycles. The summed E-state index contributed by atoms with van der Waals surface area (Å²) < 4.78 is 3.11. The van der Waals surface area contributed by atoms with Crippen LogP contribution in [-0.4, -0.2) is 63.2 Å². The number of hydrogen-bond donors (Lipinski definition) is 1. The summed E-state index contributed by atoms with van der Waals surface area (Å²) in [5.41, 5.74) is 1.36. The maximum Gasteiger partial charge on any atom is 0.194 e. The first-order chi connectivity index (χ1) is 13.5. The number of nitrogens with one attached hydrogen (secondary N) is 1. The van der Waals surface area contributed by atoms with Gasteiger partial charge in [-0.2, -0.15) is 0 Å². The van der Waals surface area contributed by atoms with Crippen LogP contribution >= 0.6 is 15.9 Å². The van der Waals surface area contributed by atoms with Crippen LogP contribution in [0.25, 0.3) is 0 Å². The normalized spacial score (nSPS) is 17.0. The molecule has 2 aromatic rings. The Morgan fingerprint density at radius 1 is 1.18 bits per heavy atom. The van der Waals surface area contributed by atoms with Gasteiger partial charge in [-0.1, -0.05) is 28.1 Å². The molecular weight excluding hydrogens is 418 g/mol. The van der Waals surface area contributed by atoms with E-state index in [9.17, 15) is 0 Å². The largest absolute Gasteiger partial charge is 0.357 e. The fraction of sp³-hybridized carbons (Fsp3) is 0.550. The van der Waals surface area contributed by atoms with Crippen molar-refractivity contribution in [3.05, 3.63) is 46.0 Å². The van der Waals surface area contributed by atoms with Gasteiger partial charge in [0, 0.05) is 50.3 Å². The zero-order valence-corrected chi connectivity index (χ0v) is 18.8. The quantitative estimate of drug-likeness (QED) is 0.563. The second kappa shape index (κ2) is 9.52. The molecule has 8 heteroatoms. The van der Waals surface area contributed by atoms with E-state index in [2.05, 4.69) is 79.4 Å². The molecule has 1 unspecified atom stereocenters. The van der Waals surface area contributed by atoms with Crippen LogP contribution < -0.4 is 5.32 Å². The third kappa shape index (κ3) is 4.91. The number of halogens is 1. The van der Waals surface area contributed by atoms with Crippen LogP contribution in [0.1, 0.15) is 37.1 Å². The van der Waals surface area contributed by atoms with E-state index in [-0.39, 0.29) is 0 Å². The van der Waals surface area contributed by atoms with Crippen molar-refractivity contribution >= 4 is 21.9 Å². The Balaban J connectivity index is 1.61. The fourth-order valence-electron chi connectivity index (χ4n) is 3.43. The highest BCUT2D eigenvalue weighted by Crippen LogP contribution is 2.23. The Bertz CT molecular complexity index is 791. The smallest absolute Gasteiger partial charge is 0.194 e. The highest BCUT2D eigenvalue weighted by molar-refractivity contribution is 9.10. The topological polar surface area (TPSA) is 61.6 Å². The highest BCUT2D eigenvalue weighted by atomic mass is 79.9. The lowest BCUT2D eigenvalue weighted by Crippen LogP contribution is -2.52. The van der Waals surface area contributed by atoms with E-state index >= 15 is 0 Å². The predicted molar refractivity (Wildman–Crippen MR) is 116 cm³/mol. The van der Waals surface area contributed by atoms with E-state index in [0.29, 0.717) is 12.6 Å². The van der Waals surface area contributed by atoms with Gasteiger partial charge in [0.1, 0.15) is 12.4 Å². The van der Waals surface area contributed by atoms with Gasteiger partial charge in [-0.05, 0) is 38.5 Å². The van der Waals surface area contributed by atoms with Crippen LogP contribution in [0.3, 0.4) is 0 Å². The molecule has 152 valence electrons. The number of benzene rings is 1. The van der Waals surface area contributed by atoms with Gasteiger partial charge in [-0.25, -0.2) is 4.99 Å². The van der Waals surface area contributed by atoms with E-state index in [1.807, 2.05) is 18.5 Å². The van der Waals surface area contributed by atoms with E-state index in [1.54, 1.807) is 0 Å². The molecule has 0 bridgehead atoms. The van der Waals surface area contributed by atoms with Gasteiger partial charge in [-0.3, -0.25) is 4.90 Å². The van der Waals surface area contributed by atoms with Crippen molar-refractivity contribution in [1.82, 2.24) is 29.9 Å². The average Bonchev–Trinajstić information content (AvgIpc) is 3.03. The van der Waals surface area contributed by atoms with Crippen LogP contribution in [0.5, 0.6) is 0 Å². The first-order valence-electron chi connectivity index (χ1n) is 9.87. The molecule has 7 nitrogen and oxygen atoms in total. The number of hydrogen-bond acceptors (Lipinski definition) is 4. The van der Waals surface area contributed by atoms with Crippen molar-refractivity contribution in [2.45, 2.75) is 33.4 Å². The summed E-state index contributed by atoms with van der Waals surface area (Å²) in [6.07, 6.45) is 0. The van der Waals surface area contributed by atoms with Crippen molar-refractivity contribution in [2.24, 2.45) is 12.0 Å². The minimum absolute atomic E-state index is 0.413. The molecule has 1 saturated heterocycles. The standard InChI is InChI=1S/C20H30BrN7/c1-5-22-20(23-14-19-25-24-16(3)26(19)4)28-12-10-27(11-13-28)15(2)17-6-8-18(21)9-7-17/h6-9,15H,5,10-14H2,1-4H3,(H,22,23). The van der Waals surface area contributed by atoms with Crippen molar-refractivity contribution < 1.29 is 0 Å². The van der Waals surface area contributed by atoms with Crippen molar-refractivity contribution in [1.29, 1.82) is 0 Å². The Morgan fingerprint density at radius 2 is 1.86 bits per heavy atom. The molecule has 1 aliphatic heterocycles. The summed E-state index contributed by atoms with van der Waals surface area (Å²) in [5, 5.41) is 11.8. The number of piperazine rings is 1. The summed E-state index contributed by atoms with van der Waals surface area (Å²) in [4.78, 5) is 9.69. The summed E-state index contributed by atoms with van der Waals surface area (Å²) in [7, 11) is 1.98. The maximum atomic E-state index is 4.80. The number of nitrogens with zero attached hydrogens (tertiary/aromatic N) is 6. The van der Waals surface area contributed by atoms with E-state index in [1.165, 1.54) is 5.56 Å². The van der Waals surface area contributed by atoms with Gasteiger partial charge >= 0.3 is 0 Å². The second-order valence-electron chi connectivity index (χ2n) is 7.14. The molecule has 28 heavy (non-hydrogen) atoms. The molecule has 0 spiro atoms. The third-order valence-electron chi connectivity index (χ3n) is 5.40. The SMILES string of the molecule is CCNC(=NCc1nnc(C)n1C)N1CCN(C(C)c2ccc(Br)cc2)CC1. The molecule has 1 fully saturated rings. The average molecular weight is 448 g/mol. The van der Waals surface area contributed by atoms with Crippen LogP contribution in [0.15, 0.2) is 33.7 Å². The molecule has 3 rings (SSSR count). The van der Waals surface area contributed by atoms with Gasteiger partial charge in [0.15, 0.2) is 11.8 Å². The molecule has 1 N–H and O–H groups in total. The molecule has 2 heterocycles. The second-order valence-corrected chi connectivity index (χ2v) is 8.06. The van der Waals surface area contributed by atoms with Gasteiger partial charge < -0.3 is 14.8 Å². The molecular formula is C20H30BrN7. The van der Waals surface area contributed by atoms with Crippen molar-refractivity contribution in [3.8, 4) is 0 Å². The van der Waals surface area contributed by atoms with Crippen LogP contribution in [0.2, 0.25) is 0 Å². The molecule has 1 aromatic heterocycles. The first kappa shape index (κ1) is 20.8. The monoisotopic (exact) mass is 447 g/mol. The minimum atomic E-state index is 0.413. The lowest BCUT2D eigenvalue weighted by atomic mass is 10.1. The number of aliphatic imine (C=N–C) groups is 1. The van der Waals surface area contributed by atoms with E-state index in [0.717, 1.165) is 54.8 Å². The van der Waals surface area contributed by atoms with Crippen molar-refractivity contribution in [2.75, 3.05) is 32.7 Å². The molecule has 0 amide bonds. The summed E-state index contributed by atoms with van der Waals surface area (Å²) >= 11 is 3.52. The number of rotatable bonds is 5. The Kier molecular flexibility index (Phi) is 7.07. The molecule has 1 aliphatic rings. The van der Waals surface area contributed by atoms with Crippen LogP contribution in [0, 0.1) is 6.92 Å². The van der Waals surface area contributed by atoms with Gasteiger partial charge in [0.05, 0.1) is 0 Å². The van der Waals surface area contributed by atoms with Crippen molar-refractivity contribution in [3.63, 3.8) is 0 Å². The highest BCUT2D eigenvalue weighted by Gasteiger charge is 2.23. The zero-order chi connectivity index (χ0) is 20.1. The van der Waals surface area contributed by atoms with Crippen LogP contribution in [0.4, 0.5) is 0 Å². The van der Waals surface area contributed by atoms with Gasteiger partial charge in [-0.15, -0.1) is 10.2 Å². The number of guanidine groups is 1. The maximum absolute atomic E-state index is 4.80. The Morgan fingerprint density at radius 3 is 2.43 bits per heavy atom. The summed E-state index contributed by atoms with van der Waals surface area (Å²) in [6.45, 7) is 11.7. The first-order valence-corrected chi connectivity index (χ1v) is 10.7. The lowest BCUT2D eigenvalue weighted by Gasteiger charge is -2.39. The zero-order valence-electron chi connectivity index (χ0n) is 17.2. The number of aromatic nitrogens is 3. The molecule has 1 atom stereocenters. The minimum Gasteiger partial charge on any atom is -0.357 e. The third-order valence-corrected chi connectivity index (χ3v) is 5.93. The predicted octanol–water partition coefficient (Wildman–Crippen LogP) is 2.73. The Labute approximate surface area is 176 Å². The summed E-state index contributed by atoms with van der Waals surface area (Å²) in [6, 6.07) is 9.06. The van der Waals surface area contributed by atoms with E-state index in [4.69, 9.17) is 4.99 Å². The van der Waals surface area contributed by atoms with Crippen LogP contribution in [-0.2, 0) is 13.6 Å². The number of aryl methyl sites for hydroxylation is 1. The molecule has 0 saturated carbocycles. The van der Waals surface area contributed by atoms with Gasteiger partial charge in [0.2, 0.25) is 0 Å². The van der Waals surface area contributed by atoms with Gasteiger partial charge in [0.25, 0.3) is 0 Å². The fourth-order valence-corrected chi connectivity index (χ4v) is 3.70. The lowest BCUT2D eigenvalue weighted by molar-refractivity contribution is 0.138.